The fraction of sp³-hybridized carbons (Fsp3) is 0.333. The second-order valence-electron chi connectivity index (χ2n) is 7.93. The number of rotatable bonds is 6. The number of halogens is 5. The van der Waals surface area contributed by atoms with Gasteiger partial charge in [0.25, 0.3) is 6.43 Å². The maximum absolute atomic E-state index is 13.1. The Labute approximate surface area is 193 Å². The molecule has 0 saturated carbocycles. The molecular formula is C24H23F5N4O. The first-order valence-electron chi connectivity index (χ1n) is 10.7. The summed E-state index contributed by atoms with van der Waals surface area (Å²) in [4.78, 5) is 12.3. The molecule has 34 heavy (non-hydrogen) atoms. The first-order chi connectivity index (χ1) is 16.3. The summed E-state index contributed by atoms with van der Waals surface area (Å²) in [5.74, 6) is 1.17. The third-order valence-electron chi connectivity index (χ3n) is 5.89. The molecule has 3 aromatic rings. The zero-order valence-electron chi connectivity index (χ0n) is 18.3. The molecule has 3 heterocycles. The van der Waals surface area contributed by atoms with Crippen molar-refractivity contribution in [3.8, 4) is 5.75 Å². The summed E-state index contributed by atoms with van der Waals surface area (Å²) in [5.41, 5.74) is 0.401. The maximum Gasteiger partial charge on any atom is 0.416 e. The van der Waals surface area contributed by atoms with Crippen LogP contribution in [0.15, 0.2) is 61.1 Å². The van der Waals surface area contributed by atoms with E-state index in [2.05, 4.69) is 9.97 Å². The van der Waals surface area contributed by atoms with Crippen LogP contribution >= 0.6 is 0 Å². The highest BCUT2D eigenvalue weighted by molar-refractivity contribution is 5.69. The number of methoxy groups -OCH3 is 1. The highest BCUT2D eigenvalue weighted by atomic mass is 19.4. The number of nitrogens with zero attached hydrogens (tertiary/aromatic N) is 4. The van der Waals surface area contributed by atoms with Crippen molar-refractivity contribution >= 4 is 17.2 Å². The third-order valence-corrected chi connectivity index (χ3v) is 5.89. The van der Waals surface area contributed by atoms with Gasteiger partial charge in [-0.2, -0.15) is 13.2 Å². The van der Waals surface area contributed by atoms with Crippen LogP contribution in [-0.4, -0.2) is 36.2 Å². The molecular weight excluding hydrogens is 455 g/mol. The summed E-state index contributed by atoms with van der Waals surface area (Å²) in [5, 5.41) is 0. The van der Waals surface area contributed by atoms with E-state index in [1.165, 1.54) is 31.5 Å². The van der Waals surface area contributed by atoms with Gasteiger partial charge in [-0.25, -0.2) is 13.8 Å². The molecule has 1 aliphatic heterocycles. The first kappa shape index (κ1) is 23.7. The Kier molecular flexibility index (Phi) is 6.85. The lowest BCUT2D eigenvalue weighted by Gasteiger charge is -2.40. The van der Waals surface area contributed by atoms with Crippen molar-refractivity contribution in [3.05, 3.63) is 72.2 Å². The van der Waals surface area contributed by atoms with Crippen LogP contribution in [0.3, 0.4) is 0 Å². The number of hydrogen-bond acceptors (Lipinski definition) is 5. The largest absolute Gasteiger partial charge is 0.494 e. The van der Waals surface area contributed by atoms with Crippen molar-refractivity contribution in [2.24, 2.45) is 0 Å². The van der Waals surface area contributed by atoms with E-state index in [4.69, 9.17) is 4.74 Å². The summed E-state index contributed by atoms with van der Waals surface area (Å²) in [6.45, 7) is 1.21. The highest BCUT2D eigenvalue weighted by Gasteiger charge is 2.32. The molecule has 4 rings (SSSR count). The van der Waals surface area contributed by atoms with Crippen molar-refractivity contribution in [1.82, 2.24) is 9.97 Å². The number of ether oxygens (including phenoxy) is 1. The van der Waals surface area contributed by atoms with Crippen LogP contribution in [-0.2, 0) is 6.18 Å². The van der Waals surface area contributed by atoms with Crippen molar-refractivity contribution in [2.45, 2.75) is 31.5 Å². The number of anilines is 3. The van der Waals surface area contributed by atoms with Crippen LogP contribution in [0.1, 0.15) is 30.4 Å². The Bertz CT molecular complexity index is 1080. The molecule has 0 aliphatic carbocycles. The van der Waals surface area contributed by atoms with E-state index in [-0.39, 0.29) is 11.6 Å². The van der Waals surface area contributed by atoms with Gasteiger partial charge in [0.1, 0.15) is 17.3 Å². The van der Waals surface area contributed by atoms with Crippen molar-refractivity contribution in [1.29, 1.82) is 0 Å². The Balaban J connectivity index is 1.59. The minimum absolute atomic E-state index is 0.0496. The second kappa shape index (κ2) is 9.82. The number of alkyl halides is 5. The number of hydrogen-bond donors (Lipinski definition) is 0. The quantitative estimate of drug-likeness (QED) is 0.392. The fourth-order valence-electron chi connectivity index (χ4n) is 4.15. The predicted molar refractivity (Wildman–Crippen MR) is 119 cm³/mol. The molecule has 1 aliphatic rings. The topological polar surface area (TPSA) is 41.5 Å². The molecule has 0 atom stereocenters. The van der Waals surface area contributed by atoms with Crippen LogP contribution in [0.4, 0.5) is 39.1 Å². The third kappa shape index (κ3) is 5.05. The van der Waals surface area contributed by atoms with Crippen LogP contribution in [0.5, 0.6) is 5.75 Å². The number of aromatic nitrogens is 2. The lowest BCUT2D eigenvalue weighted by molar-refractivity contribution is -0.137. The fourth-order valence-corrected chi connectivity index (χ4v) is 4.15. The van der Waals surface area contributed by atoms with E-state index in [0.717, 1.165) is 12.1 Å². The summed E-state index contributed by atoms with van der Waals surface area (Å²) in [6.07, 6.45) is -1.26. The molecule has 10 heteroatoms. The van der Waals surface area contributed by atoms with Gasteiger partial charge in [0.2, 0.25) is 0 Å². The number of piperidine rings is 1. The molecule has 1 fully saturated rings. The molecule has 0 bridgehead atoms. The normalized spacial score (nSPS) is 15.0. The summed E-state index contributed by atoms with van der Waals surface area (Å²) in [7, 11) is 1.53. The van der Waals surface area contributed by atoms with Crippen LogP contribution in [0, 0.1) is 0 Å². The molecule has 2 aromatic heterocycles. The smallest absolute Gasteiger partial charge is 0.416 e. The van der Waals surface area contributed by atoms with E-state index in [9.17, 15) is 22.0 Å². The van der Waals surface area contributed by atoms with Crippen LogP contribution < -0.4 is 14.5 Å². The number of pyridine rings is 2. The van der Waals surface area contributed by atoms with Gasteiger partial charge in [0, 0.05) is 48.8 Å². The van der Waals surface area contributed by atoms with Crippen LogP contribution in [0.25, 0.3) is 0 Å². The van der Waals surface area contributed by atoms with E-state index in [1.807, 2.05) is 9.80 Å². The molecule has 5 nitrogen and oxygen atoms in total. The Morgan fingerprint density at radius 2 is 1.71 bits per heavy atom. The SMILES string of the molecule is COc1ccncc1N(c1ccc(C(F)(F)F)cc1)C1CCN(c2ccc(C(F)F)cn2)CC1. The number of benzene rings is 1. The Hall–Kier alpha value is -3.43. The summed E-state index contributed by atoms with van der Waals surface area (Å²) >= 11 is 0. The van der Waals surface area contributed by atoms with Gasteiger partial charge < -0.3 is 14.5 Å². The van der Waals surface area contributed by atoms with E-state index < -0.39 is 18.2 Å². The minimum atomic E-state index is -4.42. The second-order valence-corrected chi connectivity index (χ2v) is 7.93. The van der Waals surface area contributed by atoms with Gasteiger partial charge in [-0.05, 0) is 49.2 Å². The van der Waals surface area contributed by atoms with E-state index >= 15 is 0 Å². The molecule has 1 saturated heterocycles. The van der Waals surface area contributed by atoms with Gasteiger partial charge in [-0.1, -0.05) is 0 Å². The van der Waals surface area contributed by atoms with E-state index in [1.54, 1.807) is 24.5 Å². The summed E-state index contributed by atoms with van der Waals surface area (Å²) < 4.78 is 70.4. The van der Waals surface area contributed by atoms with Gasteiger partial charge >= 0.3 is 6.18 Å². The Morgan fingerprint density at radius 1 is 1.00 bits per heavy atom. The molecule has 0 unspecified atom stereocenters. The molecule has 0 radical (unpaired) electrons. The molecule has 0 spiro atoms. The average molecular weight is 478 g/mol. The summed E-state index contributed by atoms with van der Waals surface area (Å²) in [6, 6.07) is 9.64. The van der Waals surface area contributed by atoms with Crippen LogP contribution in [0.2, 0.25) is 0 Å². The zero-order chi connectivity index (χ0) is 24.3. The standard InChI is InChI=1S/C24H23F5N4O/c1-34-21-8-11-30-15-20(21)33(18-5-3-17(4-6-18)24(27,28)29)19-9-12-32(13-10-19)22-7-2-16(14-31-22)23(25)26/h2-8,11,14-15,19,23H,9-10,12-13H2,1H3. The highest BCUT2D eigenvalue weighted by Crippen LogP contribution is 2.39. The van der Waals surface area contributed by atoms with E-state index in [0.29, 0.717) is 48.9 Å². The molecule has 0 N–H and O–H groups in total. The van der Waals surface area contributed by atoms with Crippen molar-refractivity contribution < 1.29 is 26.7 Å². The Morgan fingerprint density at radius 3 is 2.26 bits per heavy atom. The lowest BCUT2D eigenvalue weighted by Crippen LogP contribution is -2.43. The van der Waals surface area contributed by atoms with Gasteiger partial charge in [-0.3, -0.25) is 4.98 Å². The van der Waals surface area contributed by atoms with Gasteiger partial charge in [-0.15, -0.1) is 0 Å². The lowest BCUT2D eigenvalue weighted by atomic mass is 10.0. The van der Waals surface area contributed by atoms with Crippen molar-refractivity contribution in [2.75, 3.05) is 30.0 Å². The predicted octanol–water partition coefficient (Wildman–Crippen LogP) is 6.25. The molecule has 180 valence electrons. The molecule has 1 aromatic carbocycles. The van der Waals surface area contributed by atoms with Gasteiger partial charge in [0.05, 0.1) is 18.9 Å². The maximum atomic E-state index is 13.1. The average Bonchev–Trinajstić information content (AvgIpc) is 2.85. The van der Waals surface area contributed by atoms with Gasteiger partial charge in [0.15, 0.2) is 0 Å². The first-order valence-corrected chi connectivity index (χ1v) is 10.7. The van der Waals surface area contributed by atoms with Crippen molar-refractivity contribution in [3.63, 3.8) is 0 Å². The minimum Gasteiger partial charge on any atom is -0.494 e. The zero-order valence-corrected chi connectivity index (χ0v) is 18.3. The molecule has 0 amide bonds. The monoisotopic (exact) mass is 478 g/mol.